The first-order valence-electron chi connectivity index (χ1n) is 4.26. The van der Waals surface area contributed by atoms with Crippen LogP contribution in [0.5, 0.6) is 0 Å². The van der Waals surface area contributed by atoms with Crippen molar-refractivity contribution < 1.29 is 9.50 Å². The van der Waals surface area contributed by atoms with Crippen molar-refractivity contribution in [3.63, 3.8) is 0 Å². The van der Waals surface area contributed by atoms with E-state index in [1.54, 1.807) is 19.9 Å². The molecule has 2 aromatic rings. The molecule has 0 bridgehead atoms. The molecular formula is C10H10FNOS. The zero-order chi connectivity index (χ0) is 10.3. The molecule has 1 heterocycles. The van der Waals surface area contributed by atoms with E-state index in [4.69, 9.17) is 0 Å². The molecule has 1 aromatic carbocycles. The van der Waals surface area contributed by atoms with Gasteiger partial charge in [0.05, 0.1) is 10.2 Å². The van der Waals surface area contributed by atoms with Gasteiger partial charge >= 0.3 is 0 Å². The molecule has 1 aromatic heterocycles. The van der Waals surface area contributed by atoms with Gasteiger partial charge in [0.15, 0.2) is 0 Å². The van der Waals surface area contributed by atoms with Crippen LogP contribution in [0.3, 0.4) is 0 Å². The van der Waals surface area contributed by atoms with Gasteiger partial charge in [-0.1, -0.05) is 0 Å². The summed E-state index contributed by atoms with van der Waals surface area (Å²) in [6.45, 7) is 3.34. The van der Waals surface area contributed by atoms with Gasteiger partial charge in [-0.25, -0.2) is 9.37 Å². The van der Waals surface area contributed by atoms with Gasteiger partial charge in [0.25, 0.3) is 0 Å². The molecule has 1 N–H and O–H groups in total. The van der Waals surface area contributed by atoms with Crippen LogP contribution in [0.1, 0.15) is 18.9 Å². The Balaban J connectivity index is 2.63. The van der Waals surface area contributed by atoms with E-state index in [0.717, 1.165) is 10.2 Å². The number of hydrogen-bond acceptors (Lipinski definition) is 3. The maximum Gasteiger partial charge on any atom is 0.125 e. The summed E-state index contributed by atoms with van der Waals surface area (Å²) in [5.74, 6) is -0.275. The van der Waals surface area contributed by atoms with Crippen LogP contribution < -0.4 is 0 Å². The van der Waals surface area contributed by atoms with Gasteiger partial charge in [0.2, 0.25) is 0 Å². The minimum atomic E-state index is -0.958. The monoisotopic (exact) mass is 211 g/mol. The van der Waals surface area contributed by atoms with Crippen LogP contribution in [0.2, 0.25) is 0 Å². The van der Waals surface area contributed by atoms with Gasteiger partial charge in [-0.3, -0.25) is 0 Å². The normalized spacial score (nSPS) is 12.3. The van der Waals surface area contributed by atoms with E-state index in [2.05, 4.69) is 4.98 Å². The number of benzene rings is 1. The predicted octanol–water partition coefficient (Wildman–Crippen LogP) is 2.66. The third kappa shape index (κ3) is 1.63. The SMILES string of the molecule is CC(C)(O)c1nc2ccc(F)cc2s1. The van der Waals surface area contributed by atoms with E-state index >= 15 is 0 Å². The van der Waals surface area contributed by atoms with E-state index in [1.807, 2.05) is 0 Å². The Morgan fingerprint density at radius 2 is 2.14 bits per heavy atom. The Bertz CT molecular complexity index is 472. The molecule has 0 unspecified atom stereocenters. The van der Waals surface area contributed by atoms with Gasteiger partial charge in [0.1, 0.15) is 16.4 Å². The van der Waals surface area contributed by atoms with Crippen LogP contribution in [0.15, 0.2) is 18.2 Å². The first-order chi connectivity index (χ1) is 6.47. The molecule has 0 aliphatic rings. The maximum absolute atomic E-state index is 12.9. The van der Waals surface area contributed by atoms with Crippen molar-refractivity contribution in [2.45, 2.75) is 19.4 Å². The molecule has 0 aliphatic carbocycles. The van der Waals surface area contributed by atoms with E-state index in [9.17, 15) is 9.50 Å². The number of fused-ring (bicyclic) bond motifs is 1. The summed E-state index contributed by atoms with van der Waals surface area (Å²) in [4.78, 5) is 4.23. The predicted molar refractivity (Wildman–Crippen MR) is 54.8 cm³/mol. The summed E-state index contributed by atoms with van der Waals surface area (Å²) in [5, 5.41) is 10.3. The summed E-state index contributed by atoms with van der Waals surface area (Å²) < 4.78 is 13.6. The molecular weight excluding hydrogens is 201 g/mol. The molecule has 0 spiro atoms. The molecule has 0 saturated carbocycles. The molecule has 0 aliphatic heterocycles. The summed E-state index contributed by atoms with van der Waals surface area (Å²) in [5.41, 5.74) is -0.228. The number of aliphatic hydroxyl groups is 1. The Morgan fingerprint density at radius 1 is 1.43 bits per heavy atom. The Labute approximate surface area is 85.0 Å². The van der Waals surface area contributed by atoms with Gasteiger partial charge in [-0.15, -0.1) is 11.3 Å². The second-order valence-electron chi connectivity index (χ2n) is 3.69. The minimum absolute atomic E-state index is 0.275. The minimum Gasteiger partial charge on any atom is -0.383 e. The highest BCUT2D eigenvalue weighted by Crippen LogP contribution is 2.29. The van der Waals surface area contributed by atoms with Crippen LogP contribution in [0.4, 0.5) is 4.39 Å². The number of halogens is 1. The number of aromatic nitrogens is 1. The molecule has 74 valence electrons. The van der Waals surface area contributed by atoms with E-state index in [-0.39, 0.29) is 5.82 Å². The van der Waals surface area contributed by atoms with E-state index < -0.39 is 5.60 Å². The molecule has 0 amide bonds. The van der Waals surface area contributed by atoms with Crippen molar-refractivity contribution in [2.24, 2.45) is 0 Å². The molecule has 2 rings (SSSR count). The van der Waals surface area contributed by atoms with Crippen LogP contribution >= 0.6 is 11.3 Å². The lowest BCUT2D eigenvalue weighted by Crippen LogP contribution is -2.14. The third-order valence-corrected chi connectivity index (χ3v) is 3.20. The van der Waals surface area contributed by atoms with Crippen LogP contribution in [-0.2, 0) is 5.60 Å². The lowest BCUT2D eigenvalue weighted by molar-refractivity contribution is 0.0785. The van der Waals surface area contributed by atoms with Crippen molar-refractivity contribution >= 4 is 21.6 Å². The largest absolute Gasteiger partial charge is 0.383 e. The molecule has 4 heteroatoms. The lowest BCUT2D eigenvalue weighted by Gasteiger charge is -2.11. The van der Waals surface area contributed by atoms with Crippen LogP contribution in [0.25, 0.3) is 10.2 Å². The zero-order valence-electron chi connectivity index (χ0n) is 7.91. The second kappa shape index (κ2) is 3.00. The van der Waals surface area contributed by atoms with Gasteiger partial charge < -0.3 is 5.11 Å². The molecule has 0 atom stereocenters. The van der Waals surface area contributed by atoms with Gasteiger partial charge in [-0.05, 0) is 32.0 Å². The molecule has 0 radical (unpaired) electrons. The van der Waals surface area contributed by atoms with Gasteiger partial charge in [-0.2, -0.15) is 0 Å². The fourth-order valence-electron chi connectivity index (χ4n) is 1.16. The summed E-state index contributed by atoms with van der Waals surface area (Å²) >= 11 is 1.32. The maximum atomic E-state index is 12.9. The number of hydrogen-bond donors (Lipinski definition) is 1. The number of nitrogens with zero attached hydrogens (tertiary/aromatic N) is 1. The summed E-state index contributed by atoms with van der Waals surface area (Å²) in [6.07, 6.45) is 0. The second-order valence-corrected chi connectivity index (χ2v) is 4.72. The number of thiazole rings is 1. The third-order valence-electron chi connectivity index (χ3n) is 1.87. The average molecular weight is 211 g/mol. The highest BCUT2D eigenvalue weighted by atomic mass is 32.1. The fourth-order valence-corrected chi connectivity index (χ4v) is 2.15. The van der Waals surface area contributed by atoms with Gasteiger partial charge in [0, 0.05) is 0 Å². The summed E-state index contributed by atoms with van der Waals surface area (Å²) in [6, 6.07) is 4.43. The van der Waals surface area contributed by atoms with E-state index in [1.165, 1.54) is 23.5 Å². The zero-order valence-corrected chi connectivity index (χ0v) is 8.73. The van der Waals surface area contributed by atoms with Crippen LogP contribution in [0, 0.1) is 5.82 Å². The number of rotatable bonds is 1. The summed E-state index contributed by atoms with van der Waals surface area (Å²) in [7, 11) is 0. The van der Waals surface area contributed by atoms with Crippen molar-refractivity contribution in [3.05, 3.63) is 29.0 Å². The quantitative estimate of drug-likeness (QED) is 0.786. The highest BCUT2D eigenvalue weighted by molar-refractivity contribution is 7.18. The van der Waals surface area contributed by atoms with Crippen molar-refractivity contribution in [2.75, 3.05) is 0 Å². The molecule has 0 saturated heterocycles. The average Bonchev–Trinajstić information content (AvgIpc) is 2.45. The Hall–Kier alpha value is -1.000. The first-order valence-corrected chi connectivity index (χ1v) is 5.07. The Morgan fingerprint density at radius 3 is 2.79 bits per heavy atom. The topological polar surface area (TPSA) is 33.1 Å². The molecule has 2 nitrogen and oxygen atoms in total. The first kappa shape index (κ1) is 9.55. The smallest absolute Gasteiger partial charge is 0.125 e. The highest BCUT2D eigenvalue weighted by Gasteiger charge is 2.20. The molecule has 0 fully saturated rings. The lowest BCUT2D eigenvalue weighted by atomic mass is 10.2. The Kier molecular flexibility index (Phi) is 2.05. The van der Waals surface area contributed by atoms with Crippen LogP contribution in [-0.4, -0.2) is 10.1 Å². The van der Waals surface area contributed by atoms with Crippen molar-refractivity contribution in [3.8, 4) is 0 Å². The standard InChI is InChI=1S/C10H10FNOS/c1-10(2,13)9-12-7-4-3-6(11)5-8(7)14-9/h3-5,13H,1-2H3. The fraction of sp³-hybridized carbons (Fsp3) is 0.300. The van der Waals surface area contributed by atoms with E-state index in [0.29, 0.717) is 5.01 Å². The van der Waals surface area contributed by atoms with Crippen molar-refractivity contribution in [1.82, 2.24) is 4.98 Å². The van der Waals surface area contributed by atoms with Crippen molar-refractivity contribution in [1.29, 1.82) is 0 Å². The molecule has 14 heavy (non-hydrogen) atoms.